The first kappa shape index (κ1) is 17.3. The molecule has 3 aromatic rings. The fourth-order valence-electron chi connectivity index (χ4n) is 3.50. The number of anilines is 1. The van der Waals surface area contributed by atoms with Crippen LogP contribution in [0.1, 0.15) is 36.1 Å². The highest BCUT2D eigenvalue weighted by Gasteiger charge is 2.23. The summed E-state index contributed by atoms with van der Waals surface area (Å²) in [5.41, 5.74) is 8.63. The van der Waals surface area contributed by atoms with Gasteiger partial charge in [0.2, 0.25) is 5.84 Å². The van der Waals surface area contributed by atoms with Crippen molar-refractivity contribution in [2.24, 2.45) is 5.16 Å². The van der Waals surface area contributed by atoms with Gasteiger partial charge in [-0.2, -0.15) is 0 Å². The topological polar surface area (TPSA) is 89.8 Å². The van der Waals surface area contributed by atoms with Crippen LogP contribution in [0.25, 0.3) is 10.8 Å². The Balaban J connectivity index is 1.61. The van der Waals surface area contributed by atoms with Crippen LogP contribution in [0.3, 0.4) is 0 Å². The van der Waals surface area contributed by atoms with E-state index in [2.05, 4.69) is 51.6 Å². The Bertz CT molecular complexity index is 960. The molecule has 0 unspecified atom stereocenters. The number of hydrogen-bond acceptors (Lipinski definition) is 6. The lowest BCUT2D eigenvalue weighted by molar-refractivity contribution is 0.125. The average Bonchev–Trinajstić information content (AvgIpc) is 3.13. The lowest BCUT2D eigenvalue weighted by Crippen LogP contribution is -2.37. The molecule has 0 bridgehead atoms. The van der Waals surface area contributed by atoms with Crippen molar-refractivity contribution < 1.29 is 9.47 Å². The van der Waals surface area contributed by atoms with E-state index in [0.717, 1.165) is 31.5 Å². The highest BCUT2D eigenvalue weighted by atomic mass is 16.6. The Morgan fingerprint density at radius 2 is 1.96 bits per heavy atom. The number of hydrogen-bond donors (Lipinski definition) is 1. The summed E-state index contributed by atoms with van der Waals surface area (Å²) in [5, 5.41) is 14.4. The van der Waals surface area contributed by atoms with Gasteiger partial charge in [0, 0.05) is 18.7 Å². The molecular weight excluding hydrogens is 342 g/mol. The molecule has 2 aromatic carbocycles. The molecule has 1 fully saturated rings. The second-order valence-corrected chi connectivity index (χ2v) is 6.82. The summed E-state index contributed by atoms with van der Waals surface area (Å²) < 4.78 is 4.77. The highest BCUT2D eigenvalue weighted by Crippen LogP contribution is 2.23. The molecular formula is C20H23N5O2. The van der Waals surface area contributed by atoms with Gasteiger partial charge >= 0.3 is 0 Å². The SMILES string of the molecule is Cc1ccc2ccccc2c1CON=C(c1nonc1N)N1CCCCC1. The van der Waals surface area contributed by atoms with Crippen LogP contribution < -0.4 is 5.73 Å². The molecule has 0 aliphatic carbocycles. The van der Waals surface area contributed by atoms with Gasteiger partial charge in [0.05, 0.1) is 0 Å². The van der Waals surface area contributed by atoms with Gasteiger partial charge in [-0.25, -0.2) is 4.63 Å². The van der Waals surface area contributed by atoms with Crippen LogP contribution in [0.2, 0.25) is 0 Å². The number of aromatic nitrogens is 2. The maximum Gasteiger partial charge on any atom is 0.201 e. The largest absolute Gasteiger partial charge is 0.389 e. The number of nitrogen functional groups attached to an aromatic ring is 1. The third-order valence-corrected chi connectivity index (χ3v) is 5.02. The van der Waals surface area contributed by atoms with Gasteiger partial charge in [-0.1, -0.05) is 41.6 Å². The molecule has 1 aliphatic rings. The van der Waals surface area contributed by atoms with E-state index >= 15 is 0 Å². The molecule has 2 heterocycles. The van der Waals surface area contributed by atoms with E-state index in [-0.39, 0.29) is 5.82 Å². The fourth-order valence-corrected chi connectivity index (χ4v) is 3.50. The van der Waals surface area contributed by atoms with Crippen molar-refractivity contribution >= 4 is 22.4 Å². The predicted molar refractivity (Wildman–Crippen MR) is 104 cm³/mol. The van der Waals surface area contributed by atoms with Crippen LogP contribution in [0.4, 0.5) is 5.82 Å². The maximum absolute atomic E-state index is 5.90. The number of likely N-dealkylation sites (tertiary alicyclic amines) is 1. The molecule has 7 nitrogen and oxygen atoms in total. The van der Waals surface area contributed by atoms with Crippen molar-refractivity contribution in [1.82, 2.24) is 15.2 Å². The first-order chi connectivity index (χ1) is 13.2. The number of fused-ring (bicyclic) bond motifs is 1. The van der Waals surface area contributed by atoms with Gasteiger partial charge in [0.15, 0.2) is 11.5 Å². The number of piperidine rings is 1. The number of amidine groups is 1. The number of aryl methyl sites for hydroxylation is 1. The monoisotopic (exact) mass is 365 g/mol. The summed E-state index contributed by atoms with van der Waals surface area (Å²) in [7, 11) is 0. The molecule has 0 saturated carbocycles. The number of nitrogens with zero attached hydrogens (tertiary/aromatic N) is 4. The zero-order valence-electron chi connectivity index (χ0n) is 15.4. The summed E-state index contributed by atoms with van der Waals surface area (Å²) >= 11 is 0. The van der Waals surface area contributed by atoms with Crippen molar-refractivity contribution in [3.05, 3.63) is 53.2 Å². The van der Waals surface area contributed by atoms with Crippen LogP contribution in [0.15, 0.2) is 46.2 Å². The zero-order chi connectivity index (χ0) is 18.6. The molecule has 1 saturated heterocycles. The molecule has 27 heavy (non-hydrogen) atoms. The molecule has 2 N–H and O–H groups in total. The Labute approximate surface area is 157 Å². The van der Waals surface area contributed by atoms with E-state index in [0.29, 0.717) is 18.1 Å². The van der Waals surface area contributed by atoms with Crippen molar-refractivity contribution in [2.45, 2.75) is 32.8 Å². The Morgan fingerprint density at radius 3 is 2.74 bits per heavy atom. The first-order valence-electron chi connectivity index (χ1n) is 9.24. The van der Waals surface area contributed by atoms with E-state index in [1.165, 1.54) is 22.8 Å². The molecule has 1 aromatic heterocycles. The molecule has 1 aliphatic heterocycles. The van der Waals surface area contributed by atoms with Crippen LogP contribution in [0.5, 0.6) is 0 Å². The summed E-state index contributed by atoms with van der Waals surface area (Å²) in [5.74, 6) is 0.815. The van der Waals surface area contributed by atoms with Gasteiger partial charge < -0.3 is 15.5 Å². The van der Waals surface area contributed by atoms with Gasteiger partial charge in [-0.3, -0.25) is 0 Å². The number of nitrogens with two attached hydrogens (primary N) is 1. The van der Waals surface area contributed by atoms with Crippen LogP contribution in [-0.2, 0) is 11.4 Å². The molecule has 4 rings (SSSR count). The molecule has 0 radical (unpaired) electrons. The van der Waals surface area contributed by atoms with Crippen molar-refractivity contribution in [2.75, 3.05) is 18.8 Å². The Morgan fingerprint density at radius 1 is 1.15 bits per heavy atom. The minimum absolute atomic E-state index is 0.226. The van der Waals surface area contributed by atoms with Crippen LogP contribution in [-0.4, -0.2) is 34.1 Å². The van der Waals surface area contributed by atoms with Crippen LogP contribution in [0, 0.1) is 6.92 Å². The normalized spacial score (nSPS) is 15.3. The average molecular weight is 365 g/mol. The van der Waals surface area contributed by atoms with Crippen molar-refractivity contribution in [3.8, 4) is 0 Å². The minimum Gasteiger partial charge on any atom is -0.389 e. The van der Waals surface area contributed by atoms with Gasteiger partial charge in [-0.05, 0) is 52.8 Å². The Kier molecular flexibility index (Phi) is 4.91. The minimum atomic E-state index is 0.226. The Hall–Kier alpha value is -3.09. The predicted octanol–water partition coefficient (Wildman–Crippen LogP) is 3.48. The van der Waals surface area contributed by atoms with E-state index in [4.69, 9.17) is 15.2 Å². The highest BCUT2D eigenvalue weighted by molar-refractivity contribution is 6.00. The van der Waals surface area contributed by atoms with E-state index in [1.54, 1.807) is 0 Å². The third kappa shape index (κ3) is 3.58. The summed E-state index contributed by atoms with van der Waals surface area (Å²) in [6.45, 7) is 4.24. The molecule has 0 atom stereocenters. The van der Waals surface area contributed by atoms with Gasteiger partial charge in [0.1, 0.15) is 6.61 Å². The fraction of sp³-hybridized carbons (Fsp3) is 0.350. The number of rotatable bonds is 4. The summed E-state index contributed by atoms with van der Waals surface area (Å²) in [6, 6.07) is 12.5. The second kappa shape index (κ2) is 7.65. The quantitative estimate of drug-likeness (QED) is 0.432. The van der Waals surface area contributed by atoms with Crippen molar-refractivity contribution in [3.63, 3.8) is 0 Å². The zero-order valence-corrected chi connectivity index (χ0v) is 15.4. The number of benzene rings is 2. The smallest absolute Gasteiger partial charge is 0.201 e. The lowest BCUT2D eigenvalue weighted by Gasteiger charge is -2.28. The van der Waals surface area contributed by atoms with E-state index in [9.17, 15) is 0 Å². The molecule has 0 spiro atoms. The van der Waals surface area contributed by atoms with Crippen molar-refractivity contribution in [1.29, 1.82) is 0 Å². The van der Waals surface area contributed by atoms with Gasteiger partial charge in [-0.15, -0.1) is 0 Å². The second-order valence-electron chi connectivity index (χ2n) is 6.82. The molecule has 0 amide bonds. The lowest BCUT2D eigenvalue weighted by atomic mass is 10.0. The molecule has 7 heteroatoms. The summed E-state index contributed by atoms with van der Waals surface area (Å²) in [6.07, 6.45) is 3.42. The van der Waals surface area contributed by atoms with Gasteiger partial charge in [0.25, 0.3) is 0 Å². The molecule has 140 valence electrons. The maximum atomic E-state index is 5.90. The number of oxime groups is 1. The van der Waals surface area contributed by atoms with E-state index < -0.39 is 0 Å². The standard InChI is InChI=1S/C20H23N5O2/c1-14-9-10-15-7-3-4-8-16(15)17(14)13-26-24-20(18-19(21)23-27-22-18)25-11-5-2-6-12-25/h3-4,7-10H,2,5-6,11-13H2,1H3,(H2,21,23). The summed E-state index contributed by atoms with van der Waals surface area (Å²) in [4.78, 5) is 7.92. The van der Waals surface area contributed by atoms with E-state index in [1.807, 2.05) is 12.1 Å². The third-order valence-electron chi connectivity index (χ3n) is 5.02. The first-order valence-corrected chi connectivity index (χ1v) is 9.24. The van der Waals surface area contributed by atoms with Crippen LogP contribution >= 0.6 is 0 Å².